The van der Waals surface area contributed by atoms with E-state index in [1.54, 1.807) is 6.20 Å². The van der Waals surface area contributed by atoms with Crippen molar-refractivity contribution in [2.75, 3.05) is 0 Å². The first-order valence-electron chi connectivity index (χ1n) is 11.4. The maximum absolute atomic E-state index is 14.0. The summed E-state index contributed by atoms with van der Waals surface area (Å²) in [4.78, 5) is 19.4. The van der Waals surface area contributed by atoms with E-state index in [4.69, 9.17) is 0 Å². The molecule has 0 saturated heterocycles. The number of aromatic amines is 1. The van der Waals surface area contributed by atoms with Crippen molar-refractivity contribution >= 4 is 11.3 Å². The van der Waals surface area contributed by atoms with E-state index in [0.717, 1.165) is 27.1 Å². The maximum Gasteiger partial charge on any atom is 0.277 e. The largest absolute Gasteiger partial charge is 0.288 e. The highest BCUT2D eigenvalue weighted by molar-refractivity contribution is 7.17. The smallest absolute Gasteiger partial charge is 0.277 e. The Morgan fingerprint density at radius 1 is 0.889 bits per heavy atom. The minimum atomic E-state index is -1.05. The van der Waals surface area contributed by atoms with Crippen LogP contribution in [0.2, 0.25) is 0 Å². The van der Waals surface area contributed by atoms with Gasteiger partial charge < -0.3 is 0 Å². The number of nitriles is 2. The minimum Gasteiger partial charge on any atom is -0.288 e. The summed E-state index contributed by atoms with van der Waals surface area (Å²) in [6, 6.07) is 31.0. The number of benzene rings is 3. The molecule has 1 N–H and O–H groups in total. The number of nitrogens with one attached hydrogen (secondary N) is 1. The molecule has 0 aliphatic carbocycles. The molecule has 2 aromatic heterocycles. The Labute approximate surface area is 212 Å². The van der Waals surface area contributed by atoms with Crippen molar-refractivity contribution in [3.05, 3.63) is 118 Å². The van der Waals surface area contributed by atoms with E-state index in [2.05, 4.69) is 22.2 Å². The molecule has 6 nitrogen and oxygen atoms in total. The number of aryl methyl sites for hydroxylation is 1. The molecule has 0 unspecified atom stereocenters. The molecule has 36 heavy (non-hydrogen) atoms. The number of rotatable bonds is 6. The van der Waals surface area contributed by atoms with Gasteiger partial charge in [0.05, 0.1) is 28.3 Å². The average Bonchev–Trinajstić information content (AvgIpc) is 3.53. The van der Waals surface area contributed by atoms with Gasteiger partial charge in [0, 0.05) is 12.1 Å². The van der Waals surface area contributed by atoms with Gasteiger partial charge in [0.2, 0.25) is 5.13 Å². The van der Waals surface area contributed by atoms with Crippen molar-refractivity contribution in [2.24, 2.45) is 5.92 Å². The van der Waals surface area contributed by atoms with Gasteiger partial charge in [-0.15, -0.1) is 0 Å². The average molecular weight is 488 g/mol. The molecular weight excluding hydrogens is 466 g/mol. The molecule has 0 radical (unpaired) electrons. The molecule has 0 saturated carbocycles. The van der Waals surface area contributed by atoms with E-state index < -0.39 is 11.8 Å². The fraction of sp³-hybridized carbons (Fsp3) is 0.103. The summed E-state index contributed by atoms with van der Waals surface area (Å²) in [6.07, 6.45) is 1.75. The van der Waals surface area contributed by atoms with Gasteiger partial charge in [-0.3, -0.25) is 9.89 Å². The van der Waals surface area contributed by atoms with Crippen LogP contribution in [0.15, 0.2) is 95.9 Å². The number of nitrogens with zero attached hydrogens (tertiary/aromatic N) is 4. The van der Waals surface area contributed by atoms with Crippen molar-refractivity contribution in [1.82, 2.24) is 14.8 Å². The van der Waals surface area contributed by atoms with E-state index in [-0.39, 0.29) is 5.56 Å². The number of H-pyrrole nitrogens is 1. The lowest BCUT2D eigenvalue weighted by Crippen LogP contribution is -2.23. The Kier molecular flexibility index (Phi) is 6.32. The zero-order chi connectivity index (χ0) is 25.1. The van der Waals surface area contributed by atoms with Crippen LogP contribution < -0.4 is 5.56 Å². The highest BCUT2D eigenvalue weighted by Crippen LogP contribution is 2.36. The Hall–Kier alpha value is -4.72. The molecule has 0 bridgehead atoms. The van der Waals surface area contributed by atoms with E-state index in [9.17, 15) is 15.3 Å². The second kappa shape index (κ2) is 9.87. The number of aromatic nitrogens is 3. The van der Waals surface area contributed by atoms with E-state index in [1.165, 1.54) is 16.0 Å². The van der Waals surface area contributed by atoms with Crippen LogP contribution in [0.5, 0.6) is 0 Å². The highest BCUT2D eigenvalue weighted by Gasteiger charge is 2.33. The van der Waals surface area contributed by atoms with Gasteiger partial charge in [0.15, 0.2) is 0 Å². The van der Waals surface area contributed by atoms with E-state index in [1.807, 2.05) is 91.9 Å². The fourth-order valence-electron chi connectivity index (χ4n) is 4.28. The van der Waals surface area contributed by atoms with Gasteiger partial charge in [-0.05, 0) is 23.6 Å². The predicted molar refractivity (Wildman–Crippen MR) is 141 cm³/mol. The van der Waals surface area contributed by atoms with Gasteiger partial charge in [-0.1, -0.05) is 102 Å². The summed E-state index contributed by atoms with van der Waals surface area (Å²) in [6.45, 7) is 2.03. The summed E-state index contributed by atoms with van der Waals surface area (Å²) in [5.74, 6) is -1.79. The van der Waals surface area contributed by atoms with Gasteiger partial charge >= 0.3 is 0 Å². The molecule has 5 aromatic rings. The Morgan fingerprint density at radius 2 is 1.53 bits per heavy atom. The molecule has 0 amide bonds. The lowest BCUT2D eigenvalue weighted by atomic mass is 9.81. The van der Waals surface area contributed by atoms with Crippen molar-refractivity contribution in [3.63, 3.8) is 0 Å². The molecular formula is C29H21N5OS. The summed E-state index contributed by atoms with van der Waals surface area (Å²) in [7, 11) is 0. The number of hydrogen-bond donors (Lipinski definition) is 1. The van der Waals surface area contributed by atoms with E-state index >= 15 is 0 Å². The molecule has 0 spiro atoms. The molecule has 1 atom stereocenters. The van der Waals surface area contributed by atoms with Crippen LogP contribution >= 0.6 is 11.3 Å². The summed E-state index contributed by atoms with van der Waals surface area (Å²) in [5, 5.41) is 23.4. The number of hydrogen-bond acceptors (Lipinski definition) is 5. The summed E-state index contributed by atoms with van der Waals surface area (Å²) < 4.78 is 1.42. The van der Waals surface area contributed by atoms with Crippen LogP contribution in [0.1, 0.15) is 22.6 Å². The van der Waals surface area contributed by atoms with Crippen molar-refractivity contribution < 1.29 is 0 Å². The minimum absolute atomic E-state index is 0.331. The van der Waals surface area contributed by atoms with Crippen molar-refractivity contribution in [3.8, 4) is 39.0 Å². The van der Waals surface area contributed by atoms with Gasteiger partial charge in [0.25, 0.3) is 5.56 Å². The lowest BCUT2D eigenvalue weighted by molar-refractivity contribution is 0.703. The SMILES string of the molecule is Cc1ccc(-c2cnc(-n3[nH]c(-c4ccccc4)c([C@H](c4ccccc4)C(C#N)C#N)c3=O)s2)cc1. The van der Waals surface area contributed by atoms with Crippen LogP contribution in [-0.2, 0) is 0 Å². The quantitative estimate of drug-likeness (QED) is 0.315. The van der Waals surface area contributed by atoms with Crippen molar-refractivity contribution in [1.29, 1.82) is 10.5 Å². The standard InChI is InChI=1S/C29H21N5OS/c1-19-12-14-20(15-13-19)24-18-32-29(36-24)34-28(35)26(27(33-34)22-10-6-3-7-11-22)25(23(16-30)17-31)21-8-4-2-5-9-21/h2-15,18,23,25,33H,1H3/t25-/m1/s1. The molecule has 174 valence electrons. The zero-order valence-electron chi connectivity index (χ0n) is 19.4. The topological polar surface area (TPSA) is 98.3 Å². The normalized spacial score (nSPS) is 11.7. The molecule has 0 aliphatic rings. The molecule has 0 aliphatic heterocycles. The first-order valence-corrected chi connectivity index (χ1v) is 12.2. The van der Waals surface area contributed by atoms with Gasteiger partial charge in [-0.25, -0.2) is 4.98 Å². The second-order valence-corrected chi connectivity index (χ2v) is 9.41. The van der Waals surface area contributed by atoms with Crippen LogP contribution in [0, 0.1) is 35.5 Å². The third-order valence-electron chi connectivity index (χ3n) is 6.09. The predicted octanol–water partition coefficient (Wildman–Crippen LogP) is 6.06. The first-order chi connectivity index (χ1) is 17.6. The molecule has 0 fully saturated rings. The van der Waals surface area contributed by atoms with Crippen LogP contribution in [0.4, 0.5) is 0 Å². The third-order valence-corrected chi connectivity index (χ3v) is 7.12. The molecule has 5 rings (SSSR count). The first kappa shape index (κ1) is 23.0. The monoisotopic (exact) mass is 487 g/mol. The Morgan fingerprint density at radius 3 is 2.17 bits per heavy atom. The second-order valence-electron chi connectivity index (χ2n) is 8.40. The summed E-state index contributed by atoms with van der Waals surface area (Å²) >= 11 is 1.39. The summed E-state index contributed by atoms with van der Waals surface area (Å²) in [5.41, 5.74) is 4.30. The van der Waals surface area contributed by atoms with Gasteiger partial charge in [-0.2, -0.15) is 15.2 Å². The zero-order valence-corrected chi connectivity index (χ0v) is 20.2. The van der Waals surface area contributed by atoms with Crippen molar-refractivity contribution in [2.45, 2.75) is 12.8 Å². The number of thiazole rings is 1. The van der Waals surface area contributed by atoms with Crippen LogP contribution in [0.25, 0.3) is 26.8 Å². The Bertz CT molecular complexity index is 1620. The fourth-order valence-corrected chi connectivity index (χ4v) is 5.16. The van der Waals surface area contributed by atoms with Crippen LogP contribution in [0.3, 0.4) is 0 Å². The van der Waals surface area contributed by atoms with E-state index in [0.29, 0.717) is 16.4 Å². The lowest BCUT2D eigenvalue weighted by Gasteiger charge is -2.17. The molecule has 7 heteroatoms. The molecule has 2 heterocycles. The molecule has 3 aromatic carbocycles. The van der Waals surface area contributed by atoms with Crippen LogP contribution in [-0.4, -0.2) is 14.8 Å². The maximum atomic E-state index is 14.0. The van der Waals surface area contributed by atoms with Gasteiger partial charge in [0.1, 0.15) is 5.92 Å². The third kappa shape index (κ3) is 4.24. The Balaban J connectivity index is 1.72. The highest BCUT2D eigenvalue weighted by atomic mass is 32.1.